The average Bonchev–Trinajstić information content (AvgIpc) is 3.21. The van der Waals surface area contributed by atoms with Crippen LogP contribution in [0.3, 0.4) is 0 Å². The molecule has 1 N–H and O–H groups in total. The van der Waals surface area contributed by atoms with E-state index in [-0.39, 0.29) is 18.0 Å². The van der Waals surface area contributed by atoms with Crippen molar-refractivity contribution in [2.24, 2.45) is 0 Å². The fourth-order valence-electron chi connectivity index (χ4n) is 3.26. The lowest BCUT2D eigenvalue weighted by Gasteiger charge is -2.26. The number of hydrogen-bond acceptors (Lipinski definition) is 4. The van der Waals surface area contributed by atoms with Crippen molar-refractivity contribution in [3.05, 3.63) is 52.2 Å². The molecule has 1 aromatic carbocycles. The quantitative estimate of drug-likeness (QED) is 0.673. The molecule has 1 fully saturated rings. The van der Waals surface area contributed by atoms with Gasteiger partial charge < -0.3 is 9.64 Å². The summed E-state index contributed by atoms with van der Waals surface area (Å²) in [6.45, 7) is 4.34. The van der Waals surface area contributed by atoms with E-state index in [1.807, 2.05) is 17.5 Å². The number of rotatable bonds is 8. The van der Waals surface area contributed by atoms with Crippen molar-refractivity contribution < 1.29 is 31.2 Å². The molecule has 0 atom stereocenters. The Morgan fingerprint density at radius 2 is 1.90 bits per heavy atom. The van der Waals surface area contributed by atoms with E-state index in [0.717, 1.165) is 36.6 Å². The molecule has 0 radical (unpaired) electrons. The summed E-state index contributed by atoms with van der Waals surface area (Å²) in [5.74, 6) is 0. The van der Waals surface area contributed by atoms with Crippen LogP contribution in [-0.4, -0.2) is 52.1 Å². The summed E-state index contributed by atoms with van der Waals surface area (Å²) in [7, 11) is -4.06. The summed E-state index contributed by atoms with van der Waals surface area (Å²) < 4.78 is 72.1. The minimum atomic E-state index is -4.59. The van der Waals surface area contributed by atoms with E-state index in [4.69, 9.17) is 4.74 Å². The van der Waals surface area contributed by atoms with Crippen LogP contribution in [-0.2, 0) is 27.5 Å². The number of quaternary nitrogens is 1. The van der Waals surface area contributed by atoms with E-state index in [1.165, 1.54) is 26.6 Å². The number of nitrogens with one attached hydrogen (secondary N) is 1. The highest BCUT2D eigenvalue weighted by molar-refractivity contribution is 7.89. The molecule has 0 aliphatic carbocycles. The molecule has 1 aliphatic heterocycles. The predicted molar refractivity (Wildman–Crippen MR) is 104 cm³/mol. The van der Waals surface area contributed by atoms with Crippen LogP contribution in [0.4, 0.5) is 13.2 Å². The summed E-state index contributed by atoms with van der Waals surface area (Å²) in [5, 5.41) is 1.85. The molecule has 5 nitrogen and oxygen atoms in total. The fourth-order valence-corrected chi connectivity index (χ4v) is 5.56. The number of alkyl halides is 3. The minimum Gasteiger partial charge on any atom is -0.370 e. The molecule has 0 unspecified atom stereocenters. The highest BCUT2D eigenvalue weighted by Gasteiger charge is 2.33. The number of morpholine rings is 1. The van der Waals surface area contributed by atoms with Gasteiger partial charge in [0.2, 0.25) is 10.0 Å². The van der Waals surface area contributed by atoms with E-state index in [2.05, 4.69) is 0 Å². The second-order valence-electron chi connectivity index (χ2n) is 6.91. The molecule has 0 bridgehead atoms. The second kappa shape index (κ2) is 9.57. The molecular weight excluding hydrogens is 425 g/mol. The molecule has 1 aromatic heterocycles. The fraction of sp³-hybridized carbons (Fsp3) is 0.474. The van der Waals surface area contributed by atoms with Crippen molar-refractivity contribution in [2.75, 3.05) is 39.4 Å². The van der Waals surface area contributed by atoms with Crippen molar-refractivity contribution in [3.63, 3.8) is 0 Å². The Morgan fingerprint density at radius 3 is 2.55 bits per heavy atom. The summed E-state index contributed by atoms with van der Waals surface area (Å²) >= 11 is 1.42. The van der Waals surface area contributed by atoms with Crippen LogP contribution in [0, 0.1) is 0 Å². The molecule has 3 rings (SSSR count). The van der Waals surface area contributed by atoms with Gasteiger partial charge in [-0.3, -0.25) is 0 Å². The number of nitrogens with zero attached hydrogens (tertiary/aromatic N) is 1. The summed E-state index contributed by atoms with van der Waals surface area (Å²) in [6, 6.07) is 7.60. The van der Waals surface area contributed by atoms with Gasteiger partial charge in [-0.15, -0.1) is 11.3 Å². The number of hydrogen-bond donors (Lipinski definition) is 1. The molecule has 10 heteroatoms. The number of ether oxygens (including phenoxy) is 1. The van der Waals surface area contributed by atoms with Crippen LogP contribution >= 0.6 is 11.3 Å². The smallest absolute Gasteiger partial charge is 0.370 e. The third kappa shape index (κ3) is 6.02. The van der Waals surface area contributed by atoms with Crippen LogP contribution in [0.15, 0.2) is 46.7 Å². The van der Waals surface area contributed by atoms with Crippen molar-refractivity contribution in [2.45, 2.75) is 24.0 Å². The standard InChI is InChI=1S/C19H23F3N2O3S2/c20-19(21,22)16-4-1-6-18(14-16)29(25,26)24(15-17-5-2-13-28-17)8-3-7-23-9-11-27-12-10-23/h1-2,4-6,13-14H,3,7-12,15H2/p+1. The van der Waals surface area contributed by atoms with Gasteiger partial charge in [0.05, 0.1) is 30.2 Å². The van der Waals surface area contributed by atoms with Gasteiger partial charge in [-0.25, -0.2) is 8.42 Å². The van der Waals surface area contributed by atoms with E-state index < -0.39 is 21.8 Å². The second-order valence-corrected chi connectivity index (χ2v) is 9.88. The Morgan fingerprint density at radius 1 is 1.14 bits per heavy atom. The van der Waals surface area contributed by atoms with E-state index in [0.29, 0.717) is 25.7 Å². The van der Waals surface area contributed by atoms with Crippen LogP contribution < -0.4 is 4.90 Å². The van der Waals surface area contributed by atoms with Gasteiger partial charge in [-0.1, -0.05) is 12.1 Å². The first kappa shape index (κ1) is 22.2. The molecule has 1 saturated heterocycles. The lowest BCUT2D eigenvalue weighted by Crippen LogP contribution is -3.14. The van der Waals surface area contributed by atoms with Gasteiger partial charge in [0.15, 0.2) is 0 Å². The Kier molecular flexibility index (Phi) is 7.33. The maximum Gasteiger partial charge on any atom is 0.416 e. The highest BCUT2D eigenvalue weighted by Crippen LogP contribution is 2.31. The van der Waals surface area contributed by atoms with Gasteiger partial charge >= 0.3 is 6.18 Å². The molecule has 2 aromatic rings. The molecule has 2 heterocycles. The van der Waals surface area contributed by atoms with Gasteiger partial charge in [0.1, 0.15) is 13.1 Å². The van der Waals surface area contributed by atoms with Crippen molar-refractivity contribution >= 4 is 21.4 Å². The lowest BCUT2D eigenvalue weighted by molar-refractivity contribution is -0.908. The maximum absolute atomic E-state index is 13.2. The van der Waals surface area contributed by atoms with Gasteiger partial charge in [-0.2, -0.15) is 17.5 Å². The third-order valence-corrected chi connectivity index (χ3v) is 7.55. The van der Waals surface area contributed by atoms with E-state index >= 15 is 0 Å². The van der Waals surface area contributed by atoms with Gasteiger partial charge in [0, 0.05) is 24.4 Å². The first-order valence-electron chi connectivity index (χ1n) is 9.38. The minimum absolute atomic E-state index is 0.148. The molecule has 0 saturated carbocycles. The van der Waals surface area contributed by atoms with Crippen molar-refractivity contribution in [1.29, 1.82) is 0 Å². The average molecular weight is 450 g/mol. The van der Waals surface area contributed by atoms with Crippen LogP contribution in [0.5, 0.6) is 0 Å². The van der Waals surface area contributed by atoms with Gasteiger partial charge in [0.25, 0.3) is 0 Å². The zero-order valence-electron chi connectivity index (χ0n) is 15.8. The summed E-state index contributed by atoms with van der Waals surface area (Å²) in [4.78, 5) is 1.87. The van der Waals surface area contributed by atoms with E-state index in [9.17, 15) is 21.6 Å². The first-order chi connectivity index (χ1) is 13.8. The Balaban J connectivity index is 1.78. The Bertz CT molecular complexity index is 880. The zero-order chi connectivity index (χ0) is 20.9. The molecule has 160 valence electrons. The van der Waals surface area contributed by atoms with Crippen LogP contribution in [0.1, 0.15) is 16.9 Å². The maximum atomic E-state index is 13.2. The third-order valence-electron chi connectivity index (χ3n) is 4.85. The number of halogens is 3. The topological polar surface area (TPSA) is 51.0 Å². The first-order valence-corrected chi connectivity index (χ1v) is 11.7. The Hall–Kier alpha value is -1.46. The number of sulfonamides is 1. The highest BCUT2D eigenvalue weighted by atomic mass is 32.2. The Labute approximate surface area is 172 Å². The van der Waals surface area contributed by atoms with Crippen molar-refractivity contribution in [1.82, 2.24) is 4.31 Å². The van der Waals surface area contributed by atoms with Crippen LogP contribution in [0.2, 0.25) is 0 Å². The number of thiophene rings is 1. The van der Waals surface area contributed by atoms with Crippen molar-refractivity contribution in [3.8, 4) is 0 Å². The molecular formula is C19H24F3N2O3S2+. The number of benzene rings is 1. The molecule has 1 aliphatic rings. The normalized spacial score (nSPS) is 16.4. The zero-order valence-corrected chi connectivity index (χ0v) is 17.5. The largest absolute Gasteiger partial charge is 0.416 e. The molecule has 0 spiro atoms. The van der Waals surface area contributed by atoms with E-state index in [1.54, 1.807) is 0 Å². The van der Waals surface area contributed by atoms with Gasteiger partial charge in [-0.05, 0) is 29.6 Å². The predicted octanol–water partition coefficient (Wildman–Crippen LogP) is 2.26. The molecule has 0 amide bonds. The summed E-state index contributed by atoms with van der Waals surface area (Å²) in [6.07, 6.45) is -3.97. The monoisotopic (exact) mass is 449 g/mol. The SMILES string of the molecule is O=S(=O)(c1cccc(C(F)(F)F)c1)N(CCC[NH+]1CCOCC1)Cc1cccs1. The lowest BCUT2D eigenvalue weighted by atomic mass is 10.2. The molecule has 29 heavy (non-hydrogen) atoms. The summed E-state index contributed by atoms with van der Waals surface area (Å²) in [5.41, 5.74) is -0.965. The van der Waals surface area contributed by atoms with Crippen LogP contribution in [0.25, 0.3) is 0 Å².